The highest BCUT2D eigenvalue weighted by Gasteiger charge is 2.18. The number of halogens is 1. The molecule has 0 saturated heterocycles. The molecule has 1 heterocycles. The Morgan fingerprint density at radius 1 is 1.27 bits per heavy atom. The van der Waals surface area contributed by atoms with E-state index in [0.29, 0.717) is 6.04 Å². The second-order valence-corrected chi connectivity index (χ2v) is 5.34. The Labute approximate surface area is 101 Å². The Balaban J connectivity index is 2.45. The summed E-state index contributed by atoms with van der Waals surface area (Å²) < 4.78 is 1.27. The van der Waals surface area contributed by atoms with Crippen molar-refractivity contribution in [1.82, 2.24) is 0 Å². The predicted molar refractivity (Wildman–Crippen MR) is 69.6 cm³/mol. The molecule has 0 unspecified atom stereocenters. The molecule has 0 saturated carbocycles. The molecule has 0 atom stereocenters. The summed E-state index contributed by atoms with van der Waals surface area (Å²) in [6.07, 6.45) is 3.82. The highest BCUT2D eigenvalue weighted by molar-refractivity contribution is 9.10. The summed E-state index contributed by atoms with van der Waals surface area (Å²) in [5, 5.41) is 0. The third-order valence-electron chi connectivity index (χ3n) is 3.10. The molecule has 0 fully saturated rings. The number of benzene rings is 1. The van der Waals surface area contributed by atoms with Gasteiger partial charge in [-0.2, -0.15) is 0 Å². The minimum Gasteiger partial charge on any atom is -0.369 e. The molecule has 0 aliphatic carbocycles. The monoisotopic (exact) mass is 267 g/mol. The van der Waals surface area contributed by atoms with Gasteiger partial charge < -0.3 is 4.90 Å². The first-order valence-electron chi connectivity index (χ1n) is 5.74. The van der Waals surface area contributed by atoms with Crippen LogP contribution in [0.5, 0.6) is 0 Å². The summed E-state index contributed by atoms with van der Waals surface area (Å²) in [7, 11) is 0. The summed E-state index contributed by atoms with van der Waals surface area (Å²) in [5.74, 6) is 0. The maximum absolute atomic E-state index is 3.67. The molecule has 0 radical (unpaired) electrons. The fraction of sp³-hybridized carbons (Fsp3) is 0.538. The molecule has 2 rings (SSSR count). The lowest BCUT2D eigenvalue weighted by Crippen LogP contribution is -2.31. The molecule has 1 aromatic carbocycles. The van der Waals surface area contributed by atoms with Crippen molar-refractivity contribution < 1.29 is 0 Å². The van der Waals surface area contributed by atoms with Gasteiger partial charge >= 0.3 is 0 Å². The first kappa shape index (κ1) is 11.0. The van der Waals surface area contributed by atoms with Crippen LogP contribution >= 0.6 is 15.9 Å². The maximum atomic E-state index is 3.67. The van der Waals surface area contributed by atoms with Gasteiger partial charge in [-0.05, 0) is 50.8 Å². The smallest absolute Gasteiger partial charge is 0.0412 e. The summed E-state index contributed by atoms with van der Waals surface area (Å²) in [6, 6.07) is 7.15. The number of hydrogen-bond acceptors (Lipinski definition) is 1. The normalized spacial score (nSPS) is 16.4. The zero-order chi connectivity index (χ0) is 10.8. The van der Waals surface area contributed by atoms with Crippen molar-refractivity contribution in [3.8, 4) is 0 Å². The van der Waals surface area contributed by atoms with E-state index in [-0.39, 0.29) is 0 Å². The van der Waals surface area contributed by atoms with Crippen LogP contribution in [-0.2, 0) is 6.42 Å². The zero-order valence-electron chi connectivity index (χ0n) is 9.46. The molecular weight excluding hydrogens is 250 g/mol. The van der Waals surface area contributed by atoms with E-state index in [1.807, 2.05) is 0 Å². The van der Waals surface area contributed by atoms with E-state index in [9.17, 15) is 0 Å². The van der Waals surface area contributed by atoms with Gasteiger partial charge in [-0.3, -0.25) is 0 Å². The average molecular weight is 268 g/mol. The lowest BCUT2D eigenvalue weighted by atomic mass is 10.1. The van der Waals surface area contributed by atoms with Crippen molar-refractivity contribution in [2.75, 3.05) is 11.4 Å². The van der Waals surface area contributed by atoms with Gasteiger partial charge in [0.05, 0.1) is 0 Å². The summed E-state index contributed by atoms with van der Waals surface area (Å²) in [4.78, 5) is 2.52. The highest BCUT2D eigenvalue weighted by Crippen LogP contribution is 2.32. The maximum Gasteiger partial charge on any atom is 0.0412 e. The van der Waals surface area contributed by atoms with Crippen LogP contribution in [0.1, 0.15) is 32.3 Å². The Hall–Kier alpha value is -0.500. The molecule has 0 N–H and O–H groups in total. The third kappa shape index (κ3) is 2.20. The largest absolute Gasteiger partial charge is 0.369 e. The fourth-order valence-electron chi connectivity index (χ4n) is 2.30. The van der Waals surface area contributed by atoms with E-state index in [4.69, 9.17) is 0 Å². The molecule has 82 valence electrons. The van der Waals surface area contributed by atoms with E-state index in [2.05, 4.69) is 52.9 Å². The second-order valence-electron chi connectivity index (χ2n) is 4.48. The first-order valence-corrected chi connectivity index (χ1v) is 6.53. The lowest BCUT2D eigenvalue weighted by molar-refractivity contribution is 0.652. The quantitative estimate of drug-likeness (QED) is 0.744. The molecule has 0 amide bonds. The average Bonchev–Trinajstić information content (AvgIpc) is 2.40. The topological polar surface area (TPSA) is 3.24 Å². The highest BCUT2D eigenvalue weighted by atomic mass is 79.9. The van der Waals surface area contributed by atoms with Gasteiger partial charge in [-0.1, -0.05) is 22.0 Å². The molecule has 1 aromatic rings. The summed E-state index contributed by atoms with van der Waals surface area (Å²) >= 11 is 3.67. The number of nitrogens with zero attached hydrogens (tertiary/aromatic N) is 1. The zero-order valence-corrected chi connectivity index (χ0v) is 11.0. The van der Waals surface area contributed by atoms with Crippen LogP contribution in [0.2, 0.25) is 0 Å². The van der Waals surface area contributed by atoms with Crippen molar-refractivity contribution in [1.29, 1.82) is 0 Å². The van der Waals surface area contributed by atoms with Crippen molar-refractivity contribution in [3.05, 3.63) is 28.2 Å². The molecule has 15 heavy (non-hydrogen) atoms. The standard InChI is InChI=1S/C13H18BrN/c1-10(2)15-9-4-3-6-11-12(14)7-5-8-13(11)15/h5,7-8,10H,3-4,6,9H2,1-2H3. The SMILES string of the molecule is CC(C)N1CCCCc2c(Br)cccc21. The van der Waals surface area contributed by atoms with Crippen LogP contribution < -0.4 is 4.90 Å². The van der Waals surface area contributed by atoms with Crippen LogP contribution in [0, 0.1) is 0 Å². The van der Waals surface area contributed by atoms with Gasteiger partial charge in [-0.25, -0.2) is 0 Å². The first-order chi connectivity index (χ1) is 7.20. The van der Waals surface area contributed by atoms with Crippen molar-refractivity contribution in [2.45, 2.75) is 39.2 Å². The Morgan fingerprint density at radius 3 is 2.80 bits per heavy atom. The Bertz CT molecular complexity index is 346. The number of hydrogen-bond donors (Lipinski definition) is 0. The lowest BCUT2D eigenvalue weighted by Gasteiger charge is -2.29. The number of rotatable bonds is 1. The predicted octanol–water partition coefficient (Wildman–Crippen LogP) is 4.00. The van der Waals surface area contributed by atoms with E-state index >= 15 is 0 Å². The van der Waals surface area contributed by atoms with Gasteiger partial charge in [0.1, 0.15) is 0 Å². The van der Waals surface area contributed by atoms with Gasteiger partial charge in [0.25, 0.3) is 0 Å². The van der Waals surface area contributed by atoms with E-state index in [1.54, 1.807) is 0 Å². The van der Waals surface area contributed by atoms with E-state index in [0.717, 1.165) is 0 Å². The van der Waals surface area contributed by atoms with Crippen LogP contribution in [0.25, 0.3) is 0 Å². The summed E-state index contributed by atoms with van der Waals surface area (Å²) in [5.41, 5.74) is 2.92. The van der Waals surface area contributed by atoms with Gasteiger partial charge in [0.15, 0.2) is 0 Å². The Kier molecular flexibility index (Phi) is 3.35. The minimum atomic E-state index is 0.594. The number of anilines is 1. The van der Waals surface area contributed by atoms with Gasteiger partial charge in [-0.15, -0.1) is 0 Å². The van der Waals surface area contributed by atoms with Crippen LogP contribution in [0.15, 0.2) is 22.7 Å². The van der Waals surface area contributed by atoms with Crippen molar-refractivity contribution >= 4 is 21.6 Å². The molecule has 1 aliphatic heterocycles. The summed E-state index contributed by atoms with van der Waals surface area (Å²) in [6.45, 7) is 5.74. The fourth-order valence-corrected chi connectivity index (χ4v) is 2.86. The molecular formula is C13H18BrN. The van der Waals surface area contributed by atoms with Gasteiger partial charge in [0.2, 0.25) is 0 Å². The van der Waals surface area contributed by atoms with Crippen molar-refractivity contribution in [3.63, 3.8) is 0 Å². The van der Waals surface area contributed by atoms with Crippen LogP contribution in [0.4, 0.5) is 5.69 Å². The van der Waals surface area contributed by atoms with Gasteiger partial charge in [0, 0.05) is 22.7 Å². The Morgan fingerprint density at radius 2 is 2.07 bits per heavy atom. The molecule has 0 aromatic heterocycles. The molecule has 0 bridgehead atoms. The molecule has 2 heteroatoms. The molecule has 1 nitrogen and oxygen atoms in total. The molecule has 1 aliphatic rings. The number of fused-ring (bicyclic) bond motifs is 1. The minimum absolute atomic E-state index is 0.594. The van der Waals surface area contributed by atoms with Crippen molar-refractivity contribution in [2.24, 2.45) is 0 Å². The van der Waals surface area contributed by atoms with E-state index < -0.39 is 0 Å². The second kappa shape index (κ2) is 4.56. The van der Waals surface area contributed by atoms with E-state index in [1.165, 1.54) is 41.5 Å². The van der Waals surface area contributed by atoms with Crippen LogP contribution in [-0.4, -0.2) is 12.6 Å². The molecule has 0 spiro atoms. The van der Waals surface area contributed by atoms with Crippen LogP contribution in [0.3, 0.4) is 0 Å². The third-order valence-corrected chi connectivity index (χ3v) is 3.85.